The number of phenols is 1. The number of hydrogen-bond donors (Lipinski definition) is 1. The van der Waals surface area contributed by atoms with E-state index in [0.29, 0.717) is 30.6 Å². The minimum absolute atomic E-state index is 0.174. The predicted molar refractivity (Wildman–Crippen MR) is 52.7 cm³/mol. The van der Waals surface area contributed by atoms with Crippen LogP contribution in [0.4, 0.5) is 0 Å². The Morgan fingerprint density at radius 3 is 1.77 bits per heavy atom. The Balaban J connectivity index is 0.000000671. The first kappa shape index (κ1) is 13.2. The van der Waals surface area contributed by atoms with Crippen molar-refractivity contribution in [3.05, 3.63) is 29.8 Å². The molecule has 1 nitrogen and oxygen atoms in total. The Hall–Kier alpha value is 0.245. The molecule has 0 spiro atoms. The average Bonchev–Trinajstić information content (AvgIpc) is 2.07. The van der Waals surface area contributed by atoms with Crippen LogP contribution in [0.1, 0.15) is 26.3 Å². The Morgan fingerprint density at radius 2 is 1.46 bits per heavy atom. The summed E-state index contributed by atoms with van der Waals surface area (Å²) in [6.45, 7) is 6.46. The molecule has 0 aliphatic heterocycles. The number of benzene rings is 1. The quantitative estimate of drug-likeness (QED) is 0.678. The third-order valence-corrected chi connectivity index (χ3v) is 1.73. The van der Waals surface area contributed by atoms with Gasteiger partial charge in [-0.2, -0.15) is 0 Å². The molecule has 1 aromatic rings. The fraction of sp³-hybridized carbons (Fsp3) is 0.400. The Labute approximate surface area is 99.5 Å². The topological polar surface area (TPSA) is 20.2 Å². The first-order valence-corrected chi connectivity index (χ1v) is 10.8. The molecular weight excluding hydrogens is 372 g/mol. The molecule has 0 saturated carbocycles. The van der Waals surface area contributed by atoms with Gasteiger partial charge in [-0.15, -0.1) is 0 Å². The predicted octanol–water partition coefficient (Wildman–Crippen LogP) is 3.38. The molecule has 0 atom stereocenters. The van der Waals surface area contributed by atoms with Crippen molar-refractivity contribution in [2.75, 3.05) is 0 Å². The second-order valence-corrected chi connectivity index (χ2v) is 3.80. The summed E-state index contributed by atoms with van der Waals surface area (Å²) in [7, 11) is 4.83. The second-order valence-electron chi connectivity index (χ2n) is 3.80. The molecule has 0 aliphatic rings. The molecule has 1 rings (SSSR count). The maximum absolute atomic E-state index is 9.02. The summed E-state index contributed by atoms with van der Waals surface area (Å²) in [4.78, 5) is 0. The molecule has 0 aromatic heterocycles. The number of aromatic hydroxyl groups is 1. The van der Waals surface area contributed by atoms with E-state index in [2.05, 4.69) is 20.8 Å². The summed E-state index contributed by atoms with van der Waals surface area (Å²) in [6.07, 6.45) is 0. The van der Waals surface area contributed by atoms with Gasteiger partial charge >= 0.3 is 33.1 Å². The molecule has 1 N–H and O–H groups in total. The van der Waals surface area contributed by atoms with Crippen molar-refractivity contribution in [2.45, 2.75) is 26.2 Å². The first-order valence-electron chi connectivity index (χ1n) is 4.06. The Bertz CT molecular complexity index is 238. The molecule has 13 heavy (non-hydrogen) atoms. The van der Waals surface area contributed by atoms with E-state index in [1.165, 1.54) is 5.56 Å². The normalized spacial score (nSPS) is 10.3. The van der Waals surface area contributed by atoms with E-state index in [0.717, 1.165) is 0 Å². The van der Waals surface area contributed by atoms with E-state index in [-0.39, 0.29) is 5.41 Å². The fourth-order valence-electron chi connectivity index (χ4n) is 0.961. The standard InChI is InChI=1S/C10H14O.ClH.Hg/c1-10(2,3)8-4-6-9(11)7-5-8;;/h4-7,11H,1-3H3;1H;/q;;+1/p-1. The third-order valence-electron chi connectivity index (χ3n) is 1.73. The molecule has 69 valence electrons. The van der Waals surface area contributed by atoms with Gasteiger partial charge in [-0.25, -0.2) is 0 Å². The van der Waals surface area contributed by atoms with Gasteiger partial charge < -0.3 is 5.11 Å². The monoisotopic (exact) mass is 387 g/mol. The molecule has 3 heteroatoms. The van der Waals surface area contributed by atoms with Gasteiger partial charge in [0.2, 0.25) is 0 Å². The van der Waals surface area contributed by atoms with Crippen LogP contribution in [0.2, 0.25) is 0 Å². The van der Waals surface area contributed by atoms with Crippen LogP contribution < -0.4 is 0 Å². The van der Waals surface area contributed by atoms with Gasteiger partial charge in [0, 0.05) is 0 Å². The maximum atomic E-state index is 9.02. The van der Waals surface area contributed by atoms with Gasteiger partial charge in [0.25, 0.3) is 0 Å². The van der Waals surface area contributed by atoms with Crippen LogP contribution in [0, 0.1) is 0 Å². The summed E-state index contributed by atoms with van der Waals surface area (Å²) in [5, 5.41) is 9.02. The van der Waals surface area contributed by atoms with Crippen LogP contribution in [-0.4, -0.2) is 5.11 Å². The summed E-state index contributed by atoms with van der Waals surface area (Å²) in [5.74, 6) is 0.331. The summed E-state index contributed by atoms with van der Waals surface area (Å²) in [6, 6.07) is 7.35. The SMILES string of the molecule is CC(C)(C)c1ccc(O)cc1.[Cl][Hg]. The Kier molecular flexibility index (Phi) is 5.98. The molecule has 0 fully saturated rings. The van der Waals surface area contributed by atoms with Crippen LogP contribution in [0.3, 0.4) is 0 Å². The first-order chi connectivity index (χ1) is 6.00. The van der Waals surface area contributed by atoms with E-state index in [1.807, 2.05) is 12.1 Å². The molecule has 0 aliphatic carbocycles. The van der Waals surface area contributed by atoms with Crippen molar-refractivity contribution in [1.29, 1.82) is 0 Å². The van der Waals surface area contributed by atoms with Gasteiger partial charge in [0.15, 0.2) is 0 Å². The molecule has 0 amide bonds. The van der Waals surface area contributed by atoms with E-state index >= 15 is 0 Å². The van der Waals surface area contributed by atoms with E-state index in [1.54, 1.807) is 12.1 Å². The van der Waals surface area contributed by atoms with Crippen LogP contribution >= 0.6 is 8.25 Å². The molecule has 0 saturated heterocycles. The molecule has 1 aromatic carbocycles. The molecule has 0 unspecified atom stereocenters. The summed E-state index contributed by atoms with van der Waals surface area (Å²) >= 11 is 0.500. The fourth-order valence-corrected chi connectivity index (χ4v) is 0.961. The average molecular weight is 386 g/mol. The number of halogens is 1. The zero-order chi connectivity index (χ0) is 10.5. The van der Waals surface area contributed by atoms with Crippen molar-refractivity contribution < 1.29 is 30.0 Å². The van der Waals surface area contributed by atoms with Crippen LogP contribution in [0.5, 0.6) is 5.75 Å². The number of phenolic OH excluding ortho intramolecular Hbond substituents is 1. The van der Waals surface area contributed by atoms with Gasteiger partial charge in [-0.1, -0.05) is 32.9 Å². The zero-order valence-electron chi connectivity index (χ0n) is 8.34. The van der Waals surface area contributed by atoms with Gasteiger partial charge in [0.05, 0.1) is 0 Å². The van der Waals surface area contributed by atoms with Gasteiger partial charge in [-0.3, -0.25) is 0 Å². The minimum atomic E-state index is 0.174. The van der Waals surface area contributed by atoms with Crippen molar-refractivity contribution in [1.82, 2.24) is 0 Å². The van der Waals surface area contributed by atoms with Crippen molar-refractivity contribution in [2.24, 2.45) is 0 Å². The summed E-state index contributed by atoms with van der Waals surface area (Å²) < 4.78 is 0. The van der Waals surface area contributed by atoms with Gasteiger partial charge in [-0.05, 0) is 23.1 Å². The van der Waals surface area contributed by atoms with Crippen molar-refractivity contribution in [3.63, 3.8) is 0 Å². The second kappa shape index (κ2) is 5.87. The molecule has 0 bridgehead atoms. The van der Waals surface area contributed by atoms with Gasteiger partial charge in [0.1, 0.15) is 5.75 Å². The zero-order valence-corrected chi connectivity index (χ0v) is 14.6. The van der Waals surface area contributed by atoms with Crippen molar-refractivity contribution >= 4 is 8.25 Å². The third kappa shape index (κ3) is 4.87. The molecule has 0 radical (unpaired) electrons. The van der Waals surface area contributed by atoms with Crippen LogP contribution in [-0.2, 0) is 30.3 Å². The summed E-state index contributed by atoms with van der Waals surface area (Å²) in [5.41, 5.74) is 1.42. The molecule has 0 heterocycles. The van der Waals surface area contributed by atoms with Crippen LogP contribution in [0.15, 0.2) is 24.3 Å². The van der Waals surface area contributed by atoms with Crippen LogP contribution in [0.25, 0.3) is 0 Å². The van der Waals surface area contributed by atoms with E-state index in [9.17, 15) is 0 Å². The van der Waals surface area contributed by atoms with Crippen molar-refractivity contribution in [3.8, 4) is 5.75 Å². The number of rotatable bonds is 0. The van der Waals surface area contributed by atoms with E-state index in [4.69, 9.17) is 13.4 Å². The molecular formula is C10H14ClHgO. The Morgan fingerprint density at radius 1 is 1.08 bits per heavy atom. The number of hydrogen-bond acceptors (Lipinski definition) is 1. The van der Waals surface area contributed by atoms with E-state index < -0.39 is 0 Å².